The monoisotopic (exact) mass is 328 g/mol. The van der Waals surface area contributed by atoms with Crippen molar-refractivity contribution in [2.45, 2.75) is 18.5 Å². The summed E-state index contributed by atoms with van der Waals surface area (Å²) >= 11 is 0. The minimum absolute atomic E-state index is 0.329. The predicted octanol–water partition coefficient (Wildman–Crippen LogP) is 4.43. The molecular formula is C16H9F5O2. The van der Waals surface area contributed by atoms with Crippen molar-refractivity contribution in [3.63, 3.8) is 0 Å². The lowest BCUT2D eigenvalue weighted by Crippen LogP contribution is -2.45. The maximum atomic E-state index is 13.2. The van der Waals surface area contributed by atoms with Crippen molar-refractivity contribution in [2.75, 3.05) is 0 Å². The molecule has 2 aromatic rings. The summed E-state index contributed by atoms with van der Waals surface area (Å²) in [6.45, 7) is 0. The van der Waals surface area contributed by atoms with E-state index in [1.54, 1.807) is 36.4 Å². The van der Waals surface area contributed by atoms with Gasteiger partial charge in [0.2, 0.25) is 5.78 Å². The molecule has 0 aliphatic carbocycles. The van der Waals surface area contributed by atoms with Crippen LogP contribution >= 0.6 is 0 Å². The fourth-order valence-electron chi connectivity index (χ4n) is 2.44. The van der Waals surface area contributed by atoms with Crippen LogP contribution in [0.4, 0.5) is 22.0 Å². The molecule has 0 saturated carbocycles. The van der Waals surface area contributed by atoms with Crippen LogP contribution in [0.15, 0.2) is 48.2 Å². The van der Waals surface area contributed by atoms with Crippen LogP contribution in [0.25, 0.3) is 10.8 Å². The highest BCUT2D eigenvalue weighted by atomic mass is 19.4. The molecule has 0 saturated heterocycles. The molecule has 0 spiro atoms. The van der Waals surface area contributed by atoms with Crippen LogP contribution in [-0.4, -0.2) is 17.9 Å². The Hall–Kier alpha value is -2.44. The average Bonchev–Trinajstić information content (AvgIpc) is 2.52. The minimum atomic E-state index is -5.94. The number of benzene rings is 2. The molecule has 0 atom stereocenters. The van der Waals surface area contributed by atoms with Gasteiger partial charge in [0.1, 0.15) is 5.75 Å². The first-order valence-electron chi connectivity index (χ1n) is 6.57. The van der Waals surface area contributed by atoms with Gasteiger partial charge >= 0.3 is 12.1 Å². The first-order chi connectivity index (χ1) is 10.7. The summed E-state index contributed by atoms with van der Waals surface area (Å²) in [5, 5.41) is 1.41. The summed E-state index contributed by atoms with van der Waals surface area (Å²) in [5.74, 6) is -7.40. The zero-order valence-corrected chi connectivity index (χ0v) is 11.5. The fraction of sp³-hybridized carbons (Fsp3) is 0.188. The third-order valence-electron chi connectivity index (χ3n) is 3.63. The number of allylic oxidation sites excluding steroid dienone is 1. The Bertz CT molecular complexity index is 821. The quantitative estimate of drug-likeness (QED) is 0.763. The van der Waals surface area contributed by atoms with E-state index in [1.165, 1.54) is 0 Å². The molecule has 120 valence electrons. The topological polar surface area (TPSA) is 26.3 Å². The standard InChI is InChI=1S/C16H9F5O2/c17-15(18,16(19,20)21)14(22)10-7-12-11-4-2-1-3-9(11)5-6-13(12)23-8-10/h1-6,8H,7H2. The molecule has 2 nitrogen and oxygen atoms in total. The zero-order valence-electron chi connectivity index (χ0n) is 11.5. The summed E-state index contributed by atoms with van der Waals surface area (Å²) in [4.78, 5) is 11.6. The largest absolute Gasteiger partial charge is 0.464 e. The Kier molecular flexibility index (Phi) is 3.39. The number of alkyl halides is 5. The van der Waals surface area contributed by atoms with Gasteiger partial charge in [0.15, 0.2) is 0 Å². The van der Waals surface area contributed by atoms with Crippen LogP contribution in [0.2, 0.25) is 0 Å². The molecule has 23 heavy (non-hydrogen) atoms. The van der Waals surface area contributed by atoms with E-state index in [-0.39, 0.29) is 6.42 Å². The highest BCUT2D eigenvalue weighted by Gasteiger charge is 2.63. The summed E-state index contributed by atoms with van der Waals surface area (Å²) in [5.41, 5.74) is -0.303. The Morgan fingerprint density at radius 1 is 1.00 bits per heavy atom. The van der Waals surface area contributed by atoms with Crippen molar-refractivity contribution < 1.29 is 31.5 Å². The van der Waals surface area contributed by atoms with Crippen LogP contribution in [-0.2, 0) is 11.2 Å². The van der Waals surface area contributed by atoms with E-state index >= 15 is 0 Å². The molecule has 0 amide bonds. The first-order valence-corrected chi connectivity index (χ1v) is 6.57. The molecule has 1 aliphatic rings. The Morgan fingerprint density at radius 2 is 1.70 bits per heavy atom. The summed E-state index contributed by atoms with van der Waals surface area (Å²) in [7, 11) is 0. The second kappa shape index (κ2) is 5.04. The maximum Gasteiger partial charge on any atom is 0.461 e. The molecule has 0 bridgehead atoms. The summed E-state index contributed by atoms with van der Waals surface area (Å²) < 4.78 is 68.6. The van der Waals surface area contributed by atoms with Crippen molar-refractivity contribution in [3.05, 3.63) is 53.8 Å². The maximum absolute atomic E-state index is 13.2. The number of ketones is 1. The SMILES string of the molecule is O=C(C1=COc2ccc3ccccc3c2C1)C(F)(F)C(F)(F)F. The van der Waals surface area contributed by atoms with Gasteiger partial charge in [0, 0.05) is 17.6 Å². The van der Waals surface area contributed by atoms with E-state index in [9.17, 15) is 26.7 Å². The molecule has 1 aliphatic heterocycles. The van der Waals surface area contributed by atoms with Gasteiger partial charge in [-0.2, -0.15) is 22.0 Å². The molecule has 0 N–H and O–H groups in total. The summed E-state index contributed by atoms with van der Waals surface area (Å²) in [6.07, 6.45) is -5.62. The van der Waals surface area contributed by atoms with Crippen LogP contribution in [0.1, 0.15) is 5.56 Å². The number of Topliss-reactive ketones (excluding diaryl/α,β-unsaturated/α-hetero) is 1. The van der Waals surface area contributed by atoms with Gasteiger partial charge in [0.25, 0.3) is 0 Å². The average molecular weight is 328 g/mol. The smallest absolute Gasteiger partial charge is 0.461 e. The minimum Gasteiger partial charge on any atom is -0.464 e. The van der Waals surface area contributed by atoms with Crippen molar-refractivity contribution in [2.24, 2.45) is 0 Å². The van der Waals surface area contributed by atoms with Crippen LogP contribution in [0, 0.1) is 0 Å². The second-order valence-electron chi connectivity index (χ2n) is 5.10. The van der Waals surface area contributed by atoms with E-state index in [2.05, 4.69) is 0 Å². The lowest BCUT2D eigenvalue weighted by molar-refractivity contribution is -0.267. The molecule has 3 rings (SSSR count). The van der Waals surface area contributed by atoms with Crippen LogP contribution < -0.4 is 4.74 Å². The number of carbonyl (C=O) groups is 1. The van der Waals surface area contributed by atoms with E-state index < -0.39 is 23.5 Å². The number of ether oxygens (including phenoxy) is 1. The van der Waals surface area contributed by atoms with Crippen molar-refractivity contribution >= 4 is 16.6 Å². The first kappa shape index (κ1) is 15.5. The molecule has 0 unspecified atom stereocenters. The molecule has 2 aromatic carbocycles. The number of halogens is 5. The van der Waals surface area contributed by atoms with Crippen LogP contribution in [0.5, 0.6) is 5.75 Å². The Labute approximate surface area is 127 Å². The van der Waals surface area contributed by atoms with Gasteiger partial charge in [-0.3, -0.25) is 4.79 Å². The lowest BCUT2D eigenvalue weighted by Gasteiger charge is -2.23. The fourth-order valence-corrected chi connectivity index (χ4v) is 2.44. The second-order valence-corrected chi connectivity index (χ2v) is 5.10. The third kappa shape index (κ3) is 2.46. The van der Waals surface area contributed by atoms with E-state index in [1.807, 2.05) is 0 Å². The number of carbonyl (C=O) groups excluding carboxylic acids is 1. The molecule has 0 aromatic heterocycles. The van der Waals surface area contributed by atoms with Gasteiger partial charge in [0.05, 0.1) is 6.26 Å². The lowest BCUT2D eigenvalue weighted by atomic mass is 9.93. The van der Waals surface area contributed by atoms with Gasteiger partial charge in [-0.25, -0.2) is 0 Å². The highest BCUT2D eigenvalue weighted by molar-refractivity contribution is 6.02. The van der Waals surface area contributed by atoms with Gasteiger partial charge < -0.3 is 4.74 Å². The number of hydrogen-bond donors (Lipinski definition) is 0. The Morgan fingerprint density at radius 3 is 2.39 bits per heavy atom. The van der Waals surface area contributed by atoms with Crippen molar-refractivity contribution in [1.29, 1.82) is 0 Å². The predicted molar refractivity (Wildman–Crippen MR) is 72.4 cm³/mol. The number of fused-ring (bicyclic) bond motifs is 3. The zero-order chi connectivity index (χ0) is 16.8. The molecule has 0 fully saturated rings. The molecule has 7 heteroatoms. The highest BCUT2D eigenvalue weighted by Crippen LogP contribution is 2.40. The summed E-state index contributed by atoms with van der Waals surface area (Å²) in [6, 6.07) is 10.2. The normalized spacial score (nSPS) is 14.9. The number of hydrogen-bond acceptors (Lipinski definition) is 2. The molecule has 1 heterocycles. The van der Waals surface area contributed by atoms with E-state index in [4.69, 9.17) is 4.74 Å². The Balaban J connectivity index is 2.00. The van der Waals surface area contributed by atoms with Crippen molar-refractivity contribution in [3.8, 4) is 5.75 Å². The van der Waals surface area contributed by atoms with Crippen LogP contribution in [0.3, 0.4) is 0 Å². The molecular weight excluding hydrogens is 319 g/mol. The molecule has 0 radical (unpaired) electrons. The van der Waals surface area contributed by atoms with Gasteiger partial charge in [-0.1, -0.05) is 30.3 Å². The van der Waals surface area contributed by atoms with E-state index in [0.29, 0.717) is 23.0 Å². The van der Waals surface area contributed by atoms with Gasteiger partial charge in [-0.15, -0.1) is 0 Å². The van der Waals surface area contributed by atoms with Gasteiger partial charge in [-0.05, 0) is 16.8 Å². The number of rotatable bonds is 2. The van der Waals surface area contributed by atoms with E-state index in [0.717, 1.165) is 5.39 Å². The third-order valence-corrected chi connectivity index (χ3v) is 3.63. The van der Waals surface area contributed by atoms with Crippen molar-refractivity contribution in [1.82, 2.24) is 0 Å².